The van der Waals surface area contributed by atoms with Gasteiger partial charge < -0.3 is 25.2 Å². The molecule has 1 aliphatic rings. The molecule has 5 rings (SSSR count). The van der Waals surface area contributed by atoms with Crippen molar-refractivity contribution >= 4 is 34.8 Å². The molecule has 3 heterocycles. The first-order valence-electron chi connectivity index (χ1n) is 13.2. The SMILES string of the molecule is COc1nc(-c2cccc(-c3cccc(NC(=O)c4c(Cl)cn[nH]c4=O)c3C)c2Cl)ccc1CNC1CCOCC1O. The highest BCUT2D eigenvalue weighted by atomic mass is 35.5. The molecule has 10 nitrogen and oxygen atoms in total. The second kappa shape index (κ2) is 13.0. The number of ether oxygens (including phenoxy) is 2. The molecule has 1 aliphatic heterocycles. The third kappa shape index (κ3) is 6.18. The van der Waals surface area contributed by atoms with E-state index in [-0.39, 0.29) is 16.6 Å². The van der Waals surface area contributed by atoms with Gasteiger partial charge in [-0.25, -0.2) is 10.1 Å². The number of hydrogen-bond donors (Lipinski definition) is 4. The number of aromatic amines is 1. The van der Waals surface area contributed by atoms with Gasteiger partial charge >= 0.3 is 0 Å². The number of halogens is 2. The Morgan fingerprint density at radius 2 is 1.90 bits per heavy atom. The Morgan fingerprint density at radius 3 is 2.67 bits per heavy atom. The highest BCUT2D eigenvalue weighted by Gasteiger charge is 2.24. The fourth-order valence-corrected chi connectivity index (χ4v) is 5.45. The van der Waals surface area contributed by atoms with E-state index in [0.29, 0.717) is 47.6 Å². The van der Waals surface area contributed by atoms with Crippen molar-refractivity contribution in [2.24, 2.45) is 0 Å². The van der Waals surface area contributed by atoms with Crippen molar-refractivity contribution in [2.45, 2.75) is 32.0 Å². The van der Waals surface area contributed by atoms with E-state index in [1.807, 2.05) is 43.3 Å². The van der Waals surface area contributed by atoms with Crippen molar-refractivity contribution in [1.29, 1.82) is 0 Å². The molecule has 42 heavy (non-hydrogen) atoms. The van der Waals surface area contributed by atoms with E-state index in [1.165, 1.54) is 6.20 Å². The largest absolute Gasteiger partial charge is 0.481 e. The molecule has 0 aliphatic carbocycles. The first-order chi connectivity index (χ1) is 20.3. The molecular formula is C30H29Cl2N5O5. The van der Waals surface area contributed by atoms with Crippen LogP contribution in [0, 0.1) is 6.92 Å². The topological polar surface area (TPSA) is 138 Å². The van der Waals surface area contributed by atoms with E-state index in [9.17, 15) is 14.7 Å². The molecule has 2 aromatic heterocycles. The summed E-state index contributed by atoms with van der Waals surface area (Å²) < 4.78 is 10.9. The minimum atomic E-state index is -0.685. The van der Waals surface area contributed by atoms with Gasteiger partial charge in [-0.1, -0.05) is 59.6 Å². The molecular weight excluding hydrogens is 581 g/mol. The summed E-state index contributed by atoms with van der Waals surface area (Å²) >= 11 is 13.0. The van der Waals surface area contributed by atoms with Crippen molar-refractivity contribution in [3.63, 3.8) is 0 Å². The Bertz CT molecular complexity index is 1680. The first-order valence-corrected chi connectivity index (χ1v) is 14.0. The molecule has 2 atom stereocenters. The Kier molecular flexibility index (Phi) is 9.20. The summed E-state index contributed by atoms with van der Waals surface area (Å²) in [6, 6.07) is 14.8. The number of nitrogens with one attached hydrogen (secondary N) is 3. The number of aliphatic hydroxyl groups excluding tert-OH is 1. The molecule has 0 bridgehead atoms. The van der Waals surface area contributed by atoms with Crippen LogP contribution in [-0.4, -0.2) is 58.7 Å². The fraction of sp³-hybridized carbons (Fsp3) is 0.267. The maximum Gasteiger partial charge on any atom is 0.278 e. The van der Waals surface area contributed by atoms with Gasteiger partial charge in [-0.15, -0.1) is 0 Å². The zero-order chi connectivity index (χ0) is 29.8. The number of pyridine rings is 1. The van der Waals surface area contributed by atoms with Gasteiger partial charge in [0.25, 0.3) is 11.5 Å². The summed E-state index contributed by atoms with van der Waals surface area (Å²) in [6.07, 6.45) is 1.36. The van der Waals surface area contributed by atoms with Crippen LogP contribution in [0.3, 0.4) is 0 Å². The lowest BCUT2D eigenvalue weighted by Gasteiger charge is -2.28. The molecule has 218 valence electrons. The van der Waals surface area contributed by atoms with Gasteiger partial charge in [0.2, 0.25) is 5.88 Å². The number of rotatable bonds is 8. The summed E-state index contributed by atoms with van der Waals surface area (Å²) in [5.41, 5.74) is 4.04. The van der Waals surface area contributed by atoms with Gasteiger partial charge in [-0.3, -0.25) is 9.59 Å². The second-order valence-corrected chi connectivity index (χ2v) is 10.6. The number of hydrogen-bond acceptors (Lipinski definition) is 8. The Morgan fingerprint density at radius 1 is 1.14 bits per heavy atom. The van der Waals surface area contributed by atoms with Crippen LogP contribution in [0.2, 0.25) is 10.0 Å². The number of aliphatic hydroxyl groups is 1. The lowest BCUT2D eigenvalue weighted by molar-refractivity contribution is -0.0281. The maximum atomic E-state index is 12.9. The van der Waals surface area contributed by atoms with Gasteiger partial charge in [0.15, 0.2) is 0 Å². The van der Waals surface area contributed by atoms with Crippen molar-refractivity contribution < 1.29 is 19.4 Å². The monoisotopic (exact) mass is 609 g/mol. The van der Waals surface area contributed by atoms with Crippen LogP contribution < -0.4 is 20.9 Å². The lowest BCUT2D eigenvalue weighted by atomic mass is 9.96. The zero-order valence-corrected chi connectivity index (χ0v) is 24.4. The van der Waals surface area contributed by atoms with Gasteiger partial charge in [0, 0.05) is 41.6 Å². The number of nitrogens with zero attached hydrogens (tertiary/aromatic N) is 2. The van der Waals surface area contributed by atoms with E-state index in [2.05, 4.69) is 20.8 Å². The molecule has 0 saturated carbocycles. The average molecular weight is 610 g/mol. The summed E-state index contributed by atoms with van der Waals surface area (Å²) in [4.78, 5) is 29.8. The van der Waals surface area contributed by atoms with Crippen molar-refractivity contribution in [1.82, 2.24) is 20.5 Å². The van der Waals surface area contributed by atoms with Gasteiger partial charge in [0.05, 0.1) is 41.8 Å². The van der Waals surface area contributed by atoms with Gasteiger partial charge in [-0.2, -0.15) is 5.10 Å². The number of methoxy groups -OCH3 is 1. The molecule has 0 radical (unpaired) electrons. The number of carbonyl (C=O) groups is 1. The van der Waals surface area contributed by atoms with Gasteiger partial charge in [-0.05, 0) is 36.6 Å². The third-order valence-corrected chi connectivity index (χ3v) is 7.89. The fourth-order valence-electron chi connectivity index (χ4n) is 4.91. The normalized spacial score (nSPS) is 16.7. The first kappa shape index (κ1) is 29.7. The molecule has 2 unspecified atom stereocenters. The molecule has 2 aromatic carbocycles. The third-order valence-electron chi connectivity index (χ3n) is 7.20. The molecule has 1 saturated heterocycles. The predicted octanol–water partition coefficient (Wildman–Crippen LogP) is 4.61. The highest BCUT2D eigenvalue weighted by Crippen LogP contribution is 2.39. The minimum absolute atomic E-state index is 0.0493. The van der Waals surface area contributed by atoms with E-state index >= 15 is 0 Å². The molecule has 4 aromatic rings. The standard InChI is InChI=1S/C30H29Cl2N5O5/c1-16-18(5-4-8-22(16)35-28(39)26-21(31)14-34-37-29(26)40)19-6-3-7-20(27(19)32)23-10-9-17(30(36-23)41-2)13-33-24-11-12-42-15-25(24)38/h3-10,14,24-25,33,38H,11-13,15H2,1-2H3,(H,35,39)(H,37,40). The van der Waals surface area contributed by atoms with Crippen LogP contribution in [-0.2, 0) is 11.3 Å². The van der Waals surface area contributed by atoms with Crippen molar-refractivity contribution in [2.75, 3.05) is 25.6 Å². The summed E-state index contributed by atoms with van der Waals surface area (Å²) in [5, 5.41) is 22.6. The molecule has 4 N–H and O–H groups in total. The summed E-state index contributed by atoms with van der Waals surface area (Å²) in [6.45, 7) is 3.24. The van der Waals surface area contributed by atoms with Crippen molar-refractivity contribution in [3.05, 3.63) is 91.8 Å². The molecule has 1 amide bonds. The van der Waals surface area contributed by atoms with E-state index in [4.69, 9.17) is 37.7 Å². The molecule has 1 fully saturated rings. The van der Waals surface area contributed by atoms with E-state index in [0.717, 1.165) is 28.7 Å². The van der Waals surface area contributed by atoms with Crippen LogP contribution in [0.5, 0.6) is 5.88 Å². The van der Waals surface area contributed by atoms with Gasteiger partial charge in [0.1, 0.15) is 5.56 Å². The Labute approximate surface area is 252 Å². The number of benzene rings is 2. The number of anilines is 1. The van der Waals surface area contributed by atoms with Crippen LogP contribution >= 0.6 is 23.2 Å². The van der Waals surface area contributed by atoms with Crippen molar-refractivity contribution in [3.8, 4) is 28.3 Å². The summed E-state index contributed by atoms with van der Waals surface area (Å²) in [5.74, 6) is -0.199. The Balaban J connectivity index is 1.42. The van der Waals surface area contributed by atoms with Crippen LogP contribution in [0.25, 0.3) is 22.4 Å². The second-order valence-electron chi connectivity index (χ2n) is 9.80. The predicted molar refractivity (Wildman–Crippen MR) is 161 cm³/mol. The minimum Gasteiger partial charge on any atom is -0.481 e. The highest BCUT2D eigenvalue weighted by molar-refractivity contribution is 6.36. The summed E-state index contributed by atoms with van der Waals surface area (Å²) in [7, 11) is 1.56. The average Bonchev–Trinajstić information content (AvgIpc) is 2.98. The lowest BCUT2D eigenvalue weighted by Crippen LogP contribution is -2.46. The Hall–Kier alpha value is -3.80. The number of amides is 1. The molecule has 12 heteroatoms. The number of H-pyrrole nitrogens is 1. The van der Waals surface area contributed by atoms with Crippen LogP contribution in [0.15, 0.2) is 59.5 Å². The molecule has 0 spiro atoms. The van der Waals surface area contributed by atoms with Crippen LogP contribution in [0.4, 0.5) is 5.69 Å². The zero-order valence-electron chi connectivity index (χ0n) is 22.9. The quantitative estimate of drug-likeness (QED) is 0.227. The van der Waals surface area contributed by atoms with Crippen LogP contribution in [0.1, 0.15) is 27.9 Å². The van der Waals surface area contributed by atoms with E-state index < -0.39 is 17.6 Å². The maximum absolute atomic E-state index is 12.9. The smallest absolute Gasteiger partial charge is 0.278 e. The number of aromatic nitrogens is 3. The van der Waals surface area contributed by atoms with E-state index in [1.54, 1.807) is 19.2 Å². The number of carbonyl (C=O) groups excluding carboxylic acids is 1.